The minimum absolute atomic E-state index is 0. The maximum absolute atomic E-state index is 5.54. The van der Waals surface area contributed by atoms with Crippen molar-refractivity contribution in [2.75, 3.05) is 13.7 Å². The molecular formula is C24H32IN5O. The Morgan fingerprint density at radius 3 is 2.68 bits per heavy atom. The van der Waals surface area contributed by atoms with Crippen molar-refractivity contribution in [3.63, 3.8) is 0 Å². The van der Waals surface area contributed by atoms with Gasteiger partial charge < -0.3 is 19.9 Å². The van der Waals surface area contributed by atoms with E-state index in [9.17, 15) is 0 Å². The number of aryl methyl sites for hydroxylation is 1. The SMILES string of the molecule is CCNC(=NCc1nccn1Cc1ccccc1)NC(C)c1cc(C)ccc1OC.I. The Morgan fingerprint density at radius 2 is 1.97 bits per heavy atom. The fourth-order valence-corrected chi connectivity index (χ4v) is 3.36. The zero-order valence-electron chi connectivity index (χ0n) is 18.6. The van der Waals surface area contributed by atoms with E-state index in [2.05, 4.69) is 77.4 Å². The first kappa shape index (κ1) is 24.7. The number of nitrogens with one attached hydrogen (secondary N) is 2. The summed E-state index contributed by atoms with van der Waals surface area (Å²) in [5, 5.41) is 6.82. The molecule has 0 saturated heterocycles. The van der Waals surface area contributed by atoms with Gasteiger partial charge in [-0.05, 0) is 32.4 Å². The van der Waals surface area contributed by atoms with E-state index in [1.54, 1.807) is 7.11 Å². The molecule has 0 aliphatic heterocycles. The first-order chi connectivity index (χ1) is 14.6. The highest BCUT2D eigenvalue weighted by atomic mass is 127. The molecule has 0 aliphatic rings. The molecule has 2 aromatic carbocycles. The molecule has 1 aromatic heterocycles. The van der Waals surface area contributed by atoms with E-state index in [1.807, 2.05) is 24.5 Å². The molecular weight excluding hydrogens is 501 g/mol. The van der Waals surface area contributed by atoms with Crippen LogP contribution in [0, 0.1) is 6.92 Å². The minimum atomic E-state index is 0. The number of halogens is 1. The molecule has 0 saturated carbocycles. The number of rotatable bonds is 8. The van der Waals surface area contributed by atoms with Crippen LogP contribution in [-0.4, -0.2) is 29.2 Å². The summed E-state index contributed by atoms with van der Waals surface area (Å²) < 4.78 is 7.67. The van der Waals surface area contributed by atoms with Crippen LogP contribution >= 0.6 is 24.0 Å². The van der Waals surface area contributed by atoms with Gasteiger partial charge in [0.15, 0.2) is 5.96 Å². The van der Waals surface area contributed by atoms with Crippen molar-refractivity contribution in [1.82, 2.24) is 20.2 Å². The van der Waals surface area contributed by atoms with Crippen LogP contribution < -0.4 is 15.4 Å². The van der Waals surface area contributed by atoms with Gasteiger partial charge in [0, 0.05) is 31.0 Å². The van der Waals surface area contributed by atoms with Gasteiger partial charge in [-0.15, -0.1) is 24.0 Å². The average molecular weight is 533 g/mol. The monoisotopic (exact) mass is 533 g/mol. The summed E-state index contributed by atoms with van der Waals surface area (Å²) in [6.07, 6.45) is 3.83. The van der Waals surface area contributed by atoms with Gasteiger partial charge in [0.2, 0.25) is 0 Å². The van der Waals surface area contributed by atoms with Crippen molar-refractivity contribution in [3.8, 4) is 5.75 Å². The maximum atomic E-state index is 5.54. The third kappa shape index (κ3) is 6.99. The normalized spacial score (nSPS) is 12.1. The van der Waals surface area contributed by atoms with Crippen molar-refractivity contribution < 1.29 is 4.74 Å². The molecule has 1 unspecified atom stereocenters. The summed E-state index contributed by atoms with van der Waals surface area (Å²) in [6, 6.07) is 16.6. The molecule has 31 heavy (non-hydrogen) atoms. The van der Waals surface area contributed by atoms with Crippen LogP contribution in [0.1, 0.15) is 42.4 Å². The van der Waals surface area contributed by atoms with Gasteiger partial charge in [-0.25, -0.2) is 9.98 Å². The molecule has 3 rings (SSSR count). The Morgan fingerprint density at radius 1 is 1.19 bits per heavy atom. The summed E-state index contributed by atoms with van der Waals surface area (Å²) in [6.45, 7) is 8.31. The highest BCUT2D eigenvalue weighted by Gasteiger charge is 2.13. The number of imidazole rings is 1. The molecule has 3 aromatic rings. The van der Waals surface area contributed by atoms with Crippen LogP contribution in [0.3, 0.4) is 0 Å². The molecule has 0 aliphatic carbocycles. The number of guanidine groups is 1. The molecule has 2 N–H and O–H groups in total. The molecule has 166 valence electrons. The minimum Gasteiger partial charge on any atom is -0.496 e. The molecule has 0 amide bonds. The fourth-order valence-electron chi connectivity index (χ4n) is 3.36. The Kier molecular flexibility index (Phi) is 9.84. The zero-order chi connectivity index (χ0) is 21.3. The predicted molar refractivity (Wildman–Crippen MR) is 137 cm³/mol. The number of nitrogens with zero attached hydrogens (tertiary/aromatic N) is 3. The second-order valence-electron chi connectivity index (χ2n) is 7.26. The summed E-state index contributed by atoms with van der Waals surface area (Å²) >= 11 is 0. The lowest BCUT2D eigenvalue weighted by atomic mass is 10.0. The van der Waals surface area contributed by atoms with Gasteiger partial charge in [-0.2, -0.15) is 0 Å². The Bertz CT molecular complexity index is 971. The third-order valence-corrected chi connectivity index (χ3v) is 4.93. The van der Waals surface area contributed by atoms with Gasteiger partial charge in [0.1, 0.15) is 18.1 Å². The average Bonchev–Trinajstić information content (AvgIpc) is 3.19. The zero-order valence-corrected chi connectivity index (χ0v) is 21.0. The van der Waals surface area contributed by atoms with E-state index in [0.29, 0.717) is 6.54 Å². The Balaban J connectivity index is 0.00000341. The highest BCUT2D eigenvalue weighted by molar-refractivity contribution is 14.0. The molecule has 1 atom stereocenters. The summed E-state index contributed by atoms with van der Waals surface area (Å²) in [5.41, 5.74) is 3.55. The molecule has 6 nitrogen and oxygen atoms in total. The third-order valence-electron chi connectivity index (χ3n) is 4.93. The van der Waals surface area contributed by atoms with E-state index in [1.165, 1.54) is 11.1 Å². The number of ether oxygens (including phenoxy) is 1. The second kappa shape index (κ2) is 12.3. The van der Waals surface area contributed by atoms with Gasteiger partial charge in [-0.3, -0.25) is 0 Å². The predicted octanol–water partition coefficient (Wildman–Crippen LogP) is 4.68. The van der Waals surface area contributed by atoms with E-state index < -0.39 is 0 Å². The lowest BCUT2D eigenvalue weighted by Crippen LogP contribution is -2.38. The first-order valence-electron chi connectivity index (χ1n) is 10.3. The van der Waals surface area contributed by atoms with Crippen molar-refractivity contribution in [2.45, 2.75) is 39.9 Å². The summed E-state index contributed by atoms with van der Waals surface area (Å²) in [4.78, 5) is 9.27. The lowest BCUT2D eigenvalue weighted by molar-refractivity contribution is 0.405. The fraction of sp³-hybridized carbons (Fsp3) is 0.333. The number of hydrogen-bond acceptors (Lipinski definition) is 3. The van der Waals surface area contributed by atoms with Crippen molar-refractivity contribution >= 4 is 29.9 Å². The summed E-state index contributed by atoms with van der Waals surface area (Å²) in [5.74, 6) is 2.55. The lowest BCUT2D eigenvalue weighted by Gasteiger charge is -2.20. The molecule has 0 fully saturated rings. The molecule has 0 spiro atoms. The van der Waals surface area contributed by atoms with Gasteiger partial charge >= 0.3 is 0 Å². The van der Waals surface area contributed by atoms with Crippen LogP contribution in [-0.2, 0) is 13.1 Å². The maximum Gasteiger partial charge on any atom is 0.192 e. The number of benzene rings is 2. The van der Waals surface area contributed by atoms with Gasteiger partial charge in [-0.1, -0.05) is 48.0 Å². The van der Waals surface area contributed by atoms with E-state index >= 15 is 0 Å². The van der Waals surface area contributed by atoms with E-state index in [0.717, 1.165) is 36.2 Å². The van der Waals surface area contributed by atoms with Crippen LogP contribution in [0.4, 0.5) is 0 Å². The van der Waals surface area contributed by atoms with E-state index in [-0.39, 0.29) is 30.0 Å². The topological polar surface area (TPSA) is 63.5 Å². The quantitative estimate of drug-likeness (QED) is 0.251. The van der Waals surface area contributed by atoms with Gasteiger partial charge in [0.25, 0.3) is 0 Å². The van der Waals surface area contributed by atoms with Crippen molar-refractivity contribution in [2.24, 2.45) is 4.99 Å². The van der Waals surface area contributed by atoms with Crippen molar-refractivity contribution in [3.05, 3.63) is 83.4 Å². The molecule has 1 heterocycles. The van der Waals surface area contributed by atoms with Crippen LogP contribution in [0.2, 0.25) is 0 Å². The van der Waals surface area contributed by atoms with Crippen LogP contribution in [0.5, 0.6) is 5.75 Å². The largest absolute Gasteiger partial charge is 0.496 e. The second-order valence-corrected chi connectivity index (χ2v) is 7.26. The number of aromatic nitrogens is 2. The Labute approximate surface area is 202 Å². The summed E-state index contributed by atoms with van der Waals surface area (Å²) in [7, 11) is 1.70. The van der Waals surface area contributed by atoms with Crippen LogP contribution in [0.15, 0.2) is 65.9 Å². The van der Waals surface area contributed by atoms with Crippen molar-refractivity contribution in [1.29, 1.82) is 0 Å². The van der Waals surface area contributed by atoms with Crippen LogP contribution in [0.25, 0.3) is 0 Å². The van der Waals surface area contributed by atoms with E-state index in [4.69, 9.17) is 9.73 Å². The first-order valence-corrected chi connectivity index (χ1v) is 10.3. The Hall–Kier alpha value is -2.55. The molecule has 0 bridgehead atoms. The highest BCUT2D eigenvalue weighted by Crippen LogP contribution is 2.26. The van der Waals surface area contributed by atoms with Gasteiger partial charge in [0.05, 0.1) is 13.2 Å². The number of methoxy groups -OCH3 is 1. The smallest absolute Gasteiger partial charge is 0.192 e. The standard InChI is InChI=1S/C24H31N5O.HI/c1-5-25-24(28-19(3)21-15-18(2)11-12-22(21)30-4)27-16-23-26-13-14-29(23)17-20-9-7-6-8-10-20;/h6-15,19H,5,16-17H2,1-4H3,(H2,25,27,28);1H. The number of hydrogen-bond donors (Lipinski definition) is 2. The number of aliphatic imine (C=N–C) groups is 1. The molecule has 0 radical (unpaired) electrons. The molecule has 7 heteroatoms.